The summed E-state index contributed by atoms with van der Waals surface area (Å²) < 4.78 is 7.85. The Labute approximate surface area is 127 Å². The number of nitrogens with one attached hydrogen (secondary N) is 1. The Morgan fingerprint density at radius 1 is 1.48 bits per heavy atom. The molecule has 1 saturated heterocycles. The van der Waals surface area contributed by atoms with E-state index in [0.717, 1.165) is 31.1 Å². The van der Waals surface area contributed by atoms with Crippen molar-refractivity contribution in [3.8, 4) is 0 Å². The third-order valence-electron chi connectivity index (χ3n) is 3.85. The van der Waals surface area contributed by atoms with Gasteiger partial charge in [-0.2, -0.15) is 5.10 Å². The lowest BCUT2D eigenvalue weighted by molar-refractivity contribution is -0.101. The zero-order valence-electron chi connectivity index (χ0n) is 13.8. The Kier molecular flexibility index (Phi) is 4.91. The van der Waals surface area contributed by atoms with E-state index in [1.54, 1.807) is 0 Å². The van der Waals surface area contributed by atoms with Gasteiger partial charge in [0.1, 0.15) is 5.82 Å². The largest absolute Gasteiger partial charge is 0.394 e. The Bertz CT molecular complexity index is 484. The van der Waals surface area contributed by atoms with Gasteiger partial charge in [0.05, 0.1) is 24.0 Å². The van der Waals surface area contributed by atoms with Crippen molar-refractivity contribution in [1.82, 2.24) is 15.1 Å². The third kappa shape index (κ3) is 3.56. The highest BCUT2D eigenvalue weighted by Crippen LogP contribution is 2.29. The molecule has 6 nitrogen and oxygen atoms in total. The average molecular weight is 296 g/mol. The van der Waals surface area contributed by atoms with Gasteiger partial charge in [0.15, 0.2) is 0 Å². The van der Waals surface area contributed by atoms with E-state index in [2.05, 4.69) is 36.1 Å². The van der Waals surface area contributed by atoms with E-state index in [-0.39, 0.29) is 18.3 Å². The molecule has 0 spiro atoms. The Balaban J connectivity index is 2.31. The van der Waals surface area contributed by atoms with Crippen LogP contribution >= 0.6 is 0 Å². The lowest BCUT2D eigenvalue weighted by atomic mass is 10.0. The monoisotopic (exact) mass is 296 g/mol. The van der Waals surface area contributed by atoms with E-state index in [4.69, 9.17) is 4.74 Å². The van der Waals surface area contributed by atoms with Gasteiger partial charge in [0.2, 0.25) is 0 Å². The molecule has 1 fully saturated rings. The Morgan fingerprint density at radius 2 is 2.19 bits per heavy atom. The molecule has 0 amide bonds. The zero-order valence-corrected chi connectivity index (χ0v) is 13.8. The van der Waals surface area contributed by atoms with Crippen LogP contribution in [0.15, 0.2) is 0 Å². The van der Waals surface area contributed by atoms with Gasteiger partial charge in [-0.25, -0.2) is 0 Å². The molecule has 0 aromatic carbocycles. The van der Waals surface area contributed by atoms with Gasteiger partial charge in [-0.1, -0.05) is 6.92 Å². The van der Waals surface area contributed by atoms with Gasteiger partial charge in [0.25, 0.3) is 0 Å². The molecule has 0 bridgehead atoms. The first kappa shape index (κ1) is 16.3. The second-order valence-corrected chi connectivity index (χ2v) is 6.35. The number of aromatic nitrogens is 2. The lowest BCUT2D eigenvalue weighted by Crippen LogP contribution is -2.54. The van der Waals surface area contributed by atoms with E-state index in [1.807, 2.05) is 18.7 Å². The highest BCUT2D eigenvalue weighted by Gasteiger charge is 2.35. The molecule has 0 saturated carbocycles. The molecule has 1 aliphatic heterocycles. The molecule has 1 atom stereocenters. The SMILES string of the molecule is CCNCc1c(C)nn(C)c1N1CC(CO)OC(C)(C)C1. The summed E-state index contributed by atoms with van der Waals surface area (Å²) in [6.07, 6.45) is -0.157. The van der Waals surface area contributed by atoms with Crippen LogP contribution in [-0.4, -0.2) is 52.8 Å². The van der Waals surface area contributed by atoms with Crippen molar-refractivity contribution in [2.75, 3.05) is 31.1 Å². The van der Waals surface area contributed by atoms with Gasteiger partial charge in [0, 0.05) is 32.2 Å². The minimum absolute atomic E-state index is 0.0410. The lowest BCUT2D eigenvalue weighted by Gasteiger charge is -2.43. The van der Waals surface area contributed by atoms with Crippen molar-refractivity contribution in [2.45, 2.75) is 45.9 Å². The number of morpholine rings is 1. The van der Waals surface area contributed by atoms with E-state index in [9.17, 15) is 5.11 Å². The average Bonchev–Trinajstić information content (AvgIpc) is 2.68. The Morgan fingerprint density at radius 3 is 2.81 bits per heavy atom. The van der Waals surface area contributed by atoms with Crippen molar-refractivity contribution < 1.29 is 9.84 Å². The molecule has 2 N–H and O–H groups in total. The maximum absolute atomic E-state index is 9.49. The molecule has 1 aliphatic rings. The van der Waals surface area contributed by atoms with Crippen molar-refractivity contribution in [2.24, 2.45) is 7.05 Å². The maximum Gasteiger partial charge on any atom is 0.131 e. The first-order valence-electron chi connectivity index (χ1n) is 7.64. The number of anilines is 1. The van der Waals surface area contributed by atoms with Crippen LogP contribution in [0, 0.1) is 6.92 Å². The fourth-order valence-electron chi connectivity index (χ4n) is 3.09. The molecule has 2 heterocycles. The summed E-state index contributed by atoms with van der Waals surface area (Å²) >= 11 is 0. The molecule has 1 aromatic rings. The number of aryl methyl sites for hydroxylation is 2. The molecular weight excluding hydrogens is 268 g/mol. The second kappa shape index (κ2) is 6.34. The van der Waals surface area contributed by atoms with Gasteiger partial charge < -0.3 is 20.1 Å². The molecular formula is C15H28N4O2. The Hall–Kier alpha value is -1.11. The standard InChI is InChI=1S/C15H28N4O2/c1-6-16-7-13-11(2)17-18(5)14(13)19-8-12(9-20)21-15(3,4)10-19/h12,16,20H,6-10H2,1-5H3. The minimum Gasteiger partial charge on any atom is -0.394 e. The van der Waals surface area contributed by atoms with Crippen molar-refractivity contribution >= 4 is 5.82 Å². The van der Waals surface area contributed by atoms with Gasteiger partial charge >= 0.3 is 0 Å². The summed E-state index contributed by atoms with van der Waals surface area (Å²) in [4.78, 5) is 2.29. The van der Waals surface area contributed by atoms with Crippen LogP contribution in [0.5, 0.6) is 0 Å². The summed E-state index contributed by atoms with van der Waals surface area (Å²) in [6, 6.07) is 0. The number of hydrogen-bond donors (Lipinski definition) is 2. The molecule has 1 aromatic heterocycles. The second-order valence-electron chi connectivity index (χ2n) is 6.35. The summed E-state index contributed by atoms with van der Waals surface area (Å²) in [5, 5.41) is 17.4. The number of rotatable bonds is 5. The van der Waals surface area contributed by atoms with Crippen LogP contribution in [-0.2, 0) is 18.3 Å². The van der Waals surface area contributed by atoms with Crippen LogP contribution in [0.3, 0.4) is 0 Å². The maximum atomic E-state index is 9.49. The van der Waals surface area contributed by atoms with Crippen LogP contribution in [0.25, 0.3) is 0 Å². The normalized spacial score (nSPS) is 21.8. The van der Waals surface area contributed by atoms with Crippen LogP contribution in [0.4, 0.5) is 5.82 Å². The molecule has 0 radical (unpaired) electrons. The summed E-state index contributed by atoms with van der Waals surface area (Å²) in [5.41, 5.74) is 2.01. The molecule has 0 aliphatic carbocycles. The van der Waals surface area contributed by atoms with E-state index >= 15 is 0 Å². The minimum atomic E-state index is -0.278. The number of aliphatic hydroxyl groups excluding tert-OH is 1. The molecule has 120 valence electrons. The first-order chi connectivity index (χ1) is 9.88. The van der Waals surface area contributed by atoms with Crippen LogP contribution < -0.4 is 10.2 Å². The predicted octanol–water partition coefficient (Wildman–Crippen LogP) is 0.814. The topological polar surface area (TPSA) is 62.6 Å². The van der Waals surface area contributed by atoms with Crippen molar-refractivity contribution in [1.29, 1.82) is 0 Å². The summed E-state index contributed by atoms with van der Waals surface area (Å²) in [7, 11) is 1.98. The quantitative estimate of drug-likeness (QED) is 0.842. The third-order valence-corrected chi connectivity index (χ3v) is 3.85. The smallest absolute Gasteiger partial charge is 0.131 e. The number of nitrogens with zero attached hydrogens (tertiary/aromatic N) is 3. The van der Waals surface area contributed by atoms with Crippen LogP contribution in [0.1, 0.15) is 32.0 Å². The number of hydrogen-bond acceptors (Lipinski definition) is 5. The highest BCUT2D eigenvalue weighted by atomic mass is 16.5. The summed E-state index contributed by atoms with van der Waals surface area (Å²) in [5.74, 6) is 1.13. The fourth-order valence-corrected chi connectivity index (χ4v) is 3.09. The number of aliphatic hydroxyl groups is 1. The van der Waals surface area contributed by atoms with Gasteiger partial charge in [-0.15, -0.1) is 0 Å². The fraction of sp³-hybridized carbons (Fsp3) is 0.800. The molecule has 1 unspecified atom stereocenters. The molecule has 2 rings (SSSR count). The highest BCUT2D eigenvalue weighted by molar-refractivity contribution is 5.51. The van der Waals surface area contributed by atoms with E-state index in [0.29, 0.717) is 6.54 Å². The van der Waals surface area contributed by atoms with Crippen molar-refractivity contribution in [3.63, 3.8) is 0 Å². The molecule has 6 heteroatoms. The summed E-state index contributed by atoms with van der Waals surface area (Å²) in [6.45, 7) is 11.5. The first-order valence-corrected chi connectivity index (χ1v) is 7.64. The van der Waals surface area contributed by atoms with E-state index in [1.165, 1.54) is 5.56 Å². The predicted molar refractivity (Wildman–Crippen MR) is 83.6 cm³/mol. The van der Waals surface area contributed by atoms with Gasteiger partial charge in [-0.05, 0) is 27.3 Å². The van der Waals surface area contributed by atoms with Crippen LogP contribution in [0.2, 0.25) is 0 Å². The molecule has 21 heavy (non-hydrogen) atoms. The van der Waals surface area contributed by atoms with Crippen molar-refractivity contribution in [3.05, 3.63) is 11.3 Å². The van der Waals surface area contributed by atoms with E-state index < -0.39 is 0 Å². The zero-order chi connectivity index (χ0) is 15.6. The van der Waals surface area contributed by atoms with Gasteiger partial charge in [-0.3, -0.25) is 4.68 Å². The number of ether oxygens (including phenoxy) is 1.